The fourth-order valence-electron chi connectivity index (χ4n) is 4.76. The fraction of sp³-hybridized carbons (Fsp3) is 0.522. The Morgan fingerprint density at radius 3 is 2.42 bits per heavy atom. The van der Waals surface area contributed by atoms with E-state index in [2.05, 4.69) is 16.2 Å². The van der Waals surface area contributed by atoms with Gasteiger partial charge in [-0.2, -0.15) is 5.10 Å². The summed E-state index contributed by atoms with van der Waals surface area (Å²) in [5, 5.41) is 4.43. The molecule has 0 N–H and O–H groups in total. The number of aromatic nitrogens is 2. The Balaban J connectivity index is 1.53. The van der Waals surface area contributed by atoms with Gasteiger partial charge in [0.05, 0.1) is 18.8 Å². The van der Waals surface area contributed by atoms with Gasteiger partial charge in [-0.15, -0.1) is 0 Å². The number of likely N-dealkylation sites (tertiary alicyclic amines) is 1. The molecule has 0 aliphatic carbocycles. The van der Waals surface area contributed by atoms with E-state index >= 15 is 0 Å². The normalized spacial score (nSPS) is 19.1. The summed E-state index contributed by atoms with van der Waals surface area (Å²) in [5.41, 5.74) is 2.49. The summed E-state index contributed by atoms with van der Waals surface area (Å²) in [7, 11) is 3.52. The van der Waals surface area contributed by atoms with Crippen molar-refractivity contribution in [3.05, 3.63) is 53.3 Å². The second-order valence-corrected chi connectivity index (χ2v) is 8.53. The van der Waals surface area contributed by atoms with Crippen LogP contribution in [0.2, 0.25) is 0 Å². The highest BCUT2D eigenvalue weighted by molar-refractivity contribution is 6.07. The van der Waals surface area contributed by atoms with Gasteiger partial charge in [-0.3, -0.25) is 19.3 Å². The van der Waals surface area contributed by atoms with Gasteiger partial charge in [0, 0.05) is 52.1 Å². The van der Waals surface area contributed by atoms with Crippen molar-refractivity contribution in [1.29, 1.82) is 0 Å². The Morgan fingerprint density at radius 2 is 1.81 bits per heavy atom. The van der Waals surface area contributed by atoms with E-state index in [-0.39, 0.29) is 11.9 Å². The van der Waals surface area contributed by atoms with E-state index < -0.39 is 5.54 Å². The predicted molar refractivity (Wildman–Crippen MR) is 116 cm³/mol. The number of benzene rings is 1. The van der Waals surface area contributed by atoms with Crippen LogP contribution < -0.4 is 0 Å². The molecule has 8 heteroatoms. The number of methoxy groups -OCH3 is 1. The number of urea groups is 1. The molecule has 166 valence electrons. The molecule has 31 heavy (non-hydrogen) atoms. The first-order chi connectivity index (χ1) is 14.9. The summed E-state index contributed by atoms with van der Waals surface area (Å²) in [6.07, 6.45) is 3.32. The van der Waals surface area contributed by atoms with E-state index in [0.29, 0.717) is 32.5 Å². The highest BCUT2D eigenvalue weighted by atomic mass is 16.5. The molecule has 8 nitrogen and oxygen atoms in total. The zero-order valence-corrected chi connectivity index (χ0v) is 18.6. The van der Waals surface area contributed by atoms with Gasteiger partial charge in [-0.05, 0) is 25.3 Å². The minimum absolute atomic E-state index is 0.0808. The molecule has 3 amide bonds. The van der Waals surface area contributed by atoms with E-state index in [4.69, 9.17) is 4.74 Å². The Bertz CT molecular complexity index is 934. The number of nitrogens with zero attached hydrogens (tertiary/aromatic N) is 5. The second-order valence-electron chi connectivity index (χ2n) is 8.53. The molecule has 2 saturated heterocycles. The molecule has 3 heterocycles. The van der Waals surface area contributed by atoms with Gasteiger partial charge < -0.3 is 9.64 Å². The van der Waals surface area contributed by atoms with Crippen molar-refractivity contribution < 1.29 is 14.3 Å². The number of rotatable bonds is 7. The fourth-order valence-corrected chi connectivity index (χ4v) is 4.76. The maximum atomic E-state index is 13.5. The van der Waals surface area contributed by atoms with E-state index in [1.165, 1.54) is 10.5 Å². The van der Waals surface area contributed by atoms with Gasteiger partial charge in [0.25, 0.3) is 5.91 Å². The van der Waals surface area contributed by atoms with Crippen LogP contribution in [0.3, 0.4) is 0 Å². The standard InChI is InChI=1S/C23H31N5O3/c1-18-20(16-25(2)24-18)17-26-11-9-23(10-12-26)21(29)27(13-14-31-3)22(30)28(23)15-19-7-5-4-6-8-19/h4-8,16H,9-15,17H2,1-3H3. The van der Waals surface area contributed by atoms with Gasteiger partial charge in [-0.25, -0.2) is 4.79 Å². The van der Waals surface area contributed by atoms with Gasteiger partial charge in [0.2, 0.25) is 0 Å². The molecule has 1 aromatic heterocycles. The second kappa shape index (κ2) is 8.80. The molecular weight excluding hydrogens is 394 g/mol. The lowest BCUT2D eigenvalue weighted by Crippen LogP contribution is -2.56. The largest absolute Gasteiger partial charge is 0.383 e. The Hall–Kier alpha value is -2.71. The summed E-state index contributed by atoms with van der Waals surface area (Å²) >= 11 is 0. The van der Waals surface area contributed by atoms with Crippen molar-refractivity contribution in [2.24, 2.45) is 7.05 Å². The first-order valence-electron chi connectivity index (χ1n) is 10.8. The predicted octanol–water partition coefficient (Wildman–Crippen LogP) is 2.17. The Kier molecular flexibility index (Phi) is 6.11. The zero-order chi connectivity index (χ0) is 22.0. The number of carbonyl (C=O) groups excluding carboxylic acids is 2. The van der Waals surface area contributed by atoms with Crippen LogP contribution in [0, 0.1) is 6.92 Å². The van der Waals surface area contributed by atoms with Crippen molar-refractivity contribution in [3.63, 3.8) is 0 Å². The van der Waals surface area contributed by atoms with Gasteiger partial charge >= 0.3 is 6.03 Å². The molecule has 2 aliphatic heterocycles. The van der Waals surface area contributed by atoms with Crippen LogP contribution in [0.4, 0.5) is 4.79 Å². The van der Waals surface area contributed by atoms with Gasteiger partial charge in [0.15, 0.2) is 0 Å². The minimum Gasteiger partial charge on any atom is -0.383 e. The van der Waals surface area contributed by atoms with Crippen molar-refractivity contribution in [2.45, 2.75) is 38.4 Å². The average molecular weight is 426 g/mol. The van der Waals surface area contributed by atoms with Crippen LogP contribution in [0.1, 0.15) is 29.7 Å². The lowest BCUT2D eigenvalue weighted by Gasteiger charge is -2.42. The highest BCUT2D eigenvalue weighted by Gasteiger charge is 2.57. The number of ether oxygens (including phenoxy) is 1. The maximum absolute atomic E-state index is 13.5. The lowest BCUT2D eigenvalue weighted by molar-refractivity contribution is -0.136. The molecule has 0 radical (unpaired) electrons. The molecule has 1 aromatic carbocycles. The monoisotopic (exact) mass is 425 g/mol. The van der Waals surface area contributed by atoms with E-state index in [0.717, 1.165) is 30.9 Å². The first-order valence-corrected chi connectivity index (χ1v) is 10.8. The van der Waals surface area contributed by atoms with Crippen LogP contribution >= 0.6 is 0 Å². The third-order valence-corrected chi connectivity index (χ3v) is 6.52. The number of hydrogen-bond donors (Lipinski definition) is 0. The highest BCUT2D eigenvalue weighted by Crippen LogP contribution is 2.38. The molecule has 2 aromatic rings. The zero-order valence-electron chi connectivity index (χ0n) is 18.6. The molecule has 4 rings (SSSR count). The number of carbonyl (C=O) groups is 2. The summed E-state index contributed by atoms with van der Waals surface area (Å²) in [6, 6.07) is 9.69. The number of hydrogen-bond acceptors (Lipinski definition) is 5. The molecule has 0 unspecified atom stereocenters. The first kappa shape index (κ1) is 21.5. The third kappa shape index (κ3) is 4.09. The SMILES string of the molecule is COCCN1C(=O)N(Cc2ccccc2)C2(CCN(Cc3cn(C)nc3C)CC2)C1=O. The van der Waals surface area contributed by atoms with Gasteiger partial charge in [-0.1, -0.05) is 30.3 Å². The molecule has 2 aliphatic rings. The molecule has 2 fully saturated rings. The molecule has 0 bridgehead atoms. The third-order valence-electron chi connectivity index (χ3n) is 6.52. The summed E-state index contributed by atoms with van der Waals surface area (Å²) in [4.78, 5) is 32.3. The molecular formula is C23H31N5O3. The maximum Gasteiger partial charge on any atom is 0.328 e. The smallest absolute Gasteiger partial charge is 0.328 e. The summed E-state index contributed by atoms with van der Waals surface area (Å²) in [6.45, 7) is 5.43. The number of piperidine rings is 1. The average Bonchev–Trinajstić information content (AvgIpc) is 3.18. The van der Waals surface area contributed by atoms with E-state index in [1.54, 1.807) is 12.0 Å². The van der Waals surface area contributed by atoms with Crippen LogP contribution in [-0.4, -0.2) is 75.3 Å². The van der Waals surface area contributed by atoms with Crippen molar-refractivity contribution in [1.82, 2.24) is 24.5 Å². The lowest BCUT2D eigenvalue weighted by atomic mass is 9.85. The molecule has 0 saturated carbocycles. The van der Waals surface area contributed by atoms with Crippen molar-refractivity contribution >= 4 is 11.9 Å². The van der Waals surface area contributed by atoms with Crippen molar-refractivity contribution in [2.75, 3.05) is 33.4 Å². The summed E-state index contributed by atoms with van der Waals surface area (Å²) in [5.74, 6) is -0.0808. The van der Waals surface area contributed by atoms with Crippen LogP contribution in [-0.2, 0) is 29.7 Å². The number of aryl methyl sites for hydroxylation is 2. The Morgan fingerprint density at radius 1 is 1.10 bits per heavy atom. The van der Waals surface area contributed by atoms with E-state index in [1.807, 2.05) is 49.0 Å². The van der Waals surface area contributed by atoms with Crippen LogP contribution in [0.25, 0.3) is 0 Å². The number of imide groups is 1. The van der Waals surface area contributed by atoms with Crippen molar-refractivity contribution in [3.8, 4) is 0 Å². The topological polar surface area (TPSA) is 70.9 Å². The summed E-state index contributed by atoms with van der Waals surface area (Å²) < 4.78 is 6.98. The molecule has 0 atom stereocenters. The van der Waals surface area contributed by atoms with E-state index in [9.17, 15) is 9.59 Å². The molecule has 1 spiro atoms. The van der Waals surface area contributed by atoms with Crippen LogP contribution in [0.5, 0.6) is 0 Å². The quantitative estimate of drug-likeness (QED) is 0.636. The minimum atomic E-state index is -0.777. The number of amides is 3. The van der Waals surface area contributed by atoms with Crippen LogP contribution in [0.15, 0.2) is 36.5 Å². The Labute approximate surface area is 183 Å². The van der Waals surface area contributed by atoms with Gasteiger partial charge in [0.1, 0.15) is 5.54 Å².